The van der Waals surface area contributed by atoms with E-state index in [-0.39, 0.29) is 0 Å². The number of nitrogens with two attached hydrogens (primary N) is 1. The molecule has 3 nitrogen and oxygen atoms in total. The van der Waals surface area contributed by atoms with Crippen LogP contribution in [0.3, 0.4) is 0 Å². The van der Waals surface area contributed by atoms with Gasteiger partial charge in [-0.05, 0) is 24.1 Å². The highest BCUT2D eigenvalue weighted by Gasteiger charge is 2.08. The first kappa shape index (κ1) is 12.3. The fourth-order valence-corrected chi connectivity index (χ4v) is 1.98. The molecule has 1 amide bonds. The highest BCUT2D eigenvalue weighted by atomic mass is 16.1. The number of hydrogen-bond donors (Lipinski definition) is 1. The molecule has 0 saturated heterocycles. The fraction of sp³-hybridized carbons (Fsp3) is 0.200. The normalized spacial score (nSPS) is 10.3. The van der Waals surface area contributed by atoms with Gasteiger partial charge in [-0.1, -0.05) is 43.7 Å². The van der Waals surface area contributed by atoms with Crippen LogP contribution in [0.4, 0.5) is 0 Å². The number of aryl methyl sites for hydroxylation is 1. The van der Waals surface area contributed by atoms with Gasteiger partial charge in [0.25, 0.3) is 5.91 Å². The number of benzene rings is 1. The van der Waals surface area contributed by atoms with Gasteiger partial charge in [-0.15, -0.1) is 0 Å². The van der Waals surface area contributed by atoms with E-state index in [0.29, 0.717) is 5.69 Å². The first-order chi connectivity index (χ1) is 8.72. The summed E-state index contributed by atoms with van der Waals surface area (Å²) < 4.78 is 0. The molecule has 0 aliphatic carbocycles. The molecule has 1 aromatic heterocycles. The molecule has 0 atom stereocenters. The van der Waals surface area contributed by atoms with Gasteiger partial charge < -0.3 is 5.73 Å². The first-order valence-electron chi connectivity index (χ1n) is 6.07. The number of carbonyl (C=O) groups is 1. The van der Waals surface area contributed by atoms with Crippen LogP contribution in [0.25, 0.3) is 11.3 Å². The largest absolute Gasteiger partial charge is 0.364 e. The molecule has 0 fully saturated rings. The van der Waals surface area contributed by atoms with E-state index in [1.807, 2.05) is 30.3 Å². The second kappa shape index (κ2) is 5.45. The van der Waals surface area contributed by atoms with Gasteiger partial charge in [0, 0.05) is 5.56 Å². The minimum Gasteiger partial charge on any atom is -0.364 e. The lowest BCUT2D eigenvalue weighted by Gasteiger charge is -2.08. The average molecular weight is 240 g/mol. The number of hydrogen-bond acceptors (Lipinski definition) is 2. The Kier molecular flexibility index (Phi) is 3.72. The van der Waals surface area contributed by atoms with E-state index in [4.69, 9.17) is 5.73 Å². The molecule has 1 aromatic carbocycles. The van der Waals surface area contributed by atoms with E-state index in [2.05, 4.69) is 18.0 Å². The first-order valence-corrected chi connectivity index (χ1v) is 6.07. The number of carbonyl (C=O) groups excluding carboxylic acids is 1. The van der Waals surface area contributed by atoms with Crippen LogP contribution in [0, 0.1) is 0 Å². The van der Waals surface area contributed by atoms with Crippen molar-refractivity contribution < 1.29 is 4.79 Å². The Balaban J connectivity index is 2.48. The van der Waals surface area contributed by atoms with E-state index in [1.165, 1.54) is 5.56 Å². The number of primary amides is 1. The van der Waals surface area contributed by atoms with Crippen LogP contribution in [0.2, 0.25) is 0 Å². The molecule has 0 bridgehead atoms. The van der Waals surface area contributed by atoms with Crippen LogP contribution in [0.15, 0.2) is 42.5 Å². The zero-order valence-corrected chi connectivity index (χ0v) is 10.4. The highest BCUT2D eigenvalue weighted by Crippen LogP contribution is 2.23. The van der Waals surface area contributed by atoms with Crippen LogP contribution in [0.5, 0.6) is 0 Å². The Morgan fingerprint density at radius 1 is 1.17 bits per heavy atom. The topological polar surface area (TPSA) is 56.0 Å². The molecule has 0 aliphatic heterocycles. The maximum atomic E-state index is 11.2. The van der Waals surface area contributed by atoms with E-state index >= 15 is 0 Å². The molecule has 1 heterocycles. The maximum absolute atomic E-state index is 11.2. The second-order valence-electron chi connectivity index (χ2n) is 4.18. The second-order valence-corrected chi connectivity index (χ2v) is 4.18. The van der Waals surface area contributed by atoms with Crippen molar-refractivity contribution in [1.82, 2.24) is 4.98 Å². The summed E-state index contributed by atoms with van der Waals surface area (Å²) in [7, 11) is 0. The minimum absolute atomic E-state index is 0.304. The molecule has 18 heavy (non-hydrogen) atoms. The van der Waals surface area contributed by atoms with Gasteiger partial charge in [-0.3, -0.25) is 4.79 Å². The van der Waals surface area contributed by atoms with Crippen molar-refractivity contribution in [2.75, 3.05) is 0 Å². The third-order valence-electron chi connectivity index (χ3n) is 2.81. The van der Waals surface area contributed by atoms with Crippen molar-refractivity contribution in [3.05, 3.63) is 53.7 Å². The smallest absolute Gasteiger partial charge is 0.267 e. The number of pyridine rings is 1. The summed E-state index contributed by atoms with van der Waals surface area (Å²) in [5, 5.41) is 0. The summed E-state index contributed by atoms with van der Waals surface area (Å²) in [6.45, 7) is 2.14. The molecule has 0 aliphatic rings. The van der Waals surface area contributed by atoms with Gasteiger partial charge in [-0.25, -0.2) is 4.98 Å². The summed E-state index contributed by atoms with van der Waals surface area (Å²) in [4.78, 5) is 15.5. The van der Waals surface area contributed by atoms with Crippen molar-refractivity contribution in [2.24, 2.45) is 5.73 Å². The third kappa shape index (κ3) is 2.56. The SMILES string of the molecule is CCCc1ccccc1-c1cccc(C(N)=O)n1. The van der Waals surface area contributed by atoms with E-state index in [0.717, 1.165) is 24.1 Å². The summed E-state index contributed by atoms with van der Waals surface area (Å²) in [5.74, 6) is -0.496. The van der Waals surface area contributed by atoms with Crippen molar-refractivity contribution in [3.8, 4) is 11.3 Å². The lowest BCUT2D eigenvalue weighted by atomic mass is 10.0. The Morgan fingerprint density at radius 3 is 2.67 bits per heavy atom. The minimum atomic E-state index is -0.496. The van der Waals surface area contributed by atoms with Crippen LogP contribution >= 0.6 is 0 Å². The van der Waals surface area contributed by atoms with Crippen molar-refractivity contribution in [2.45, 2.75) is 19.8 Å². The van der Waals surface area contributed by atoms with E-state index < -0.39 is 5.91 Å². The molecule has 0 saturated carbocycles. The third-order valence-corrected chi connectivity index (χ3v) is 2.81. The van der Waals surface area contributed by atoms with E-state index in [9.17, 15) is 4.79 Å². The molecular weight excluding hydrogens is 224 g/mol. The van der Waals surface area contributed by atoms with E-state index in [1.54, 1.807) is 6.07 Å². The zero-order chi connectivity index (χ0) is 13.0. The molecule has 0 spiro atoms. The number of rotatable bonds is 4. The Morgan fingerprint density at radius 2 is 1.94 bits per heavy atom. The van der Waals surface area contributed by atoms with Gasteiger partial charge in [0.2, 0.25) is 0 Å². The van der Waals surface area contributed by atoms with Gasteiger partial charge in [0.05, 0.1) is 5.69 Å². The van der Waals surface area contributed by atoms with Gasteiger partial charge >= 0.3 is 0 Å². The summed E-state index contributed by atoms with van der Waals surface area (Å²) in [6, 6.07) is 13.5. The number of nitrogens with zero attached hydrogens (tertiary/aromatic N) is 1. The number of amides is 1. The van der Waals surface area contributed by atoms with Crippen molar-refractivity contribution >= 4 is 5.91 Å². The molecular formula is C15H16N2O. The standard InChI is InChI=1S/C15H16N2O/c1-2-6-11-7-3-4-8-12(11)13-9-5-10-14(17-13)15(16)18/h3-5,7-10H,2,6H2,1H3,(H2,16,18). The monoisotopic (exact) mass is 240 g/mol. The molecule has 92 valence electrons. The quantitative estimate of drug-likeness (QED) is 0.893. The van der Waals surface area contributed by atoms with Crippen LogP contribution < -0.4 is 5.73 Å². The maximum Gasteiger partial charge on any atom is 0.267 e. The van der Waals surface area contributed by atoms with Crippen LogP contribution in [-0.2, 0) is 6.42 Å². The van der Waals surface area contributed by atoms with Gasteiger partial charge in [0.1, 0.15) is 5.69 Å². The van der Waals surface area contributed by atoms with Gasteiger partial charge in [-0.2, -0.15) is 0 Å². The van der Waals surface area contributed by atoms with Crippen molar-refractivity contribution in [1.29, 1.82) is 0 Å². The highest BCUT2D eigenvalue weighted by molar-refractivity contribution is 5.91. The molecule has 2 N–H and O–H groups in total. The summed E-state index contributed by atoms with van der Waals surface area (Å²) in [6.07, 6.45) is 2.07. The lowest BCUT2D eigenvalue weighted by Crippen LogP contribution is -2.13. The van der Waals surface area contributed by atoms with Crippen LogP contribution in [0.1, 0.15) is 29.4 Å². The fourth-order valence-electron chi connectivity index (χ4n) is 1.98. The number of aromatic nitrogens is 1. The molecule has 2 aromatic rings. The Bertz CT molecular complexity index is 564. The zero-order valence-electron chi connectivity index (χ0n) is 10.4. The predicted molar refractivity (Wildman–Crippen MR) is 72.2 cm³/mol. The molecule has 2 rings (SSSR count). The van der Waals surface area contributed by atoms with Gasteiger partial charge in [0.15, 0.2) is 0 Å². The predicted octanol–water partition coefficient (Wildman–Crippen LogP) is 2.80. The van der Waals surface area contributed by atoms with Crippen LogP contribution in [-0.4, -0.2) is 10.9 Å². The Labute approximate surface area is 107 Å². The summed E-state index contributed by atoms with van der Waals surface area (Å²) in [5.41, 5.74) is 8.68. The average Bonchev–Trinajstić information content (AvgIpc) is 2.40. The van der Waals surface area contributed by atoms with Crippen molar-refractivity contribution in [3.63, 3.8) is 0 Å². The Hall–Kier alpha value is -2.16. The molecule has 0 radical (unpaired) electrons. The summed E-state index contributed by atoms with van der Waals surface area (Å²) >= 11 is 0. The molecule has 3 heteroatoms. The lowest BCUT2D eigenvalue weighted by molar-refractivity contribution is 0.0995. The molecule has 0 unspecified atom stereocenters.